The Bertz CT molecular complexity index is 246. The molecule has 1 aromatic carbocycles. The molecular weight excluding hydrogens is 144 g/mol. The van der Waals surface area contributed by atoms with Gasteiger partial charge >= 0.3 is 0 Å². The van der Waals surface area contributed by atoms with Gasteiger partial charge in [0.15, 0.2) is 0 Å². The minimum absolute atomic E-state index is 1.35. The molecule has 0 saturated heterocycles. The highest BCUT2D eigenvalue weighted by Gasteiger charge is 1.89. The SMILES string of the molecule is C=CC.Cc1ccc(C)c(C)c1. The molecule has 0 radical (unpaired) electrons. The van der Waals surface area contributed by atoms with Crippen LogP contribution in [0, 0.1) is 20.8 Å². The number of allylic oxidation sites excluding steroid dienone is 1. The van der Waals surface area contributed by atoms with Gasteiger partial charge < -0.3 is 0 Å². The van der Waals surface area contributed by atoms with E-state index >= 15 is 0 Å². The molecular formula is C12H18. The van der Waals surface area contributed by atoms with E-state index in [4.69, 9.17) is 0 Å². The van der Waals surface area contributed by atoms with E-state index in [1.165, 1.54) is 16.7 Å². The maximum atomic E-state index is 3.36. The number of hydrogen-bond acceptors (Lipinski definition) is 0. The average molecular weight is 162 g/mol. The van der Waals surface area contributed by atoms with Crippen LogP contribution < -0.4 is 0 Å². The second-order valence-corrected chi connectivity index (χ2v) is 3.00. The summed E-state index contributed by atoms with van der Waals surface area (Å²) >= 11 is 0. The number of hydrogen-bond donors (Lipinski definition) is 0. The molecule has 0 aromatic heterocycles. The average Bonchev–Trinajstić information content (AvgIpc) is 1.99. The molecule has 0 aliphatic rings. The first-order valence-corrected chi connectivity index (χ1v) is 4.22. The third kappa shape index (κ3) is 3.97. The summed E-state index contributed by atoms with van der Waals surface area (Å²) in [5.74, 6) is 0. The summed E-state index contributed by atoms with van der Waals surface area (Å²) in [4.78, 5) is 0. The second kappa shape index (κ2) is 5.59. The fourth-order valence-electron chi connectivity index (χ4n) is 0.891. The van der Waals surface area contributed by atoms with Crippen LogP contribution in [0.3, 0.4) is 0 Å². The summed E-state index contributed by atoms with van der Waals surface area (Å²) in [7, 11) is 0. The zero-order valence-corrected chi connectivity index (χ0v) is 8.52. The van der Waals surface area contributed by atoms with Gasteiger partial charge in [0.1, 0.15) is 0 Å². The highest BCUT2D eigenvalue weighted by molar-refractivity contribution is 5.28. The largest absolute Gasteiger partial charge is 0.103 e. The van der Waals surface area contributed by atoms with Crippen molar-refractivity contribution in [2.75, 3.05) is 0 Å². The van der Waals surface area contributed by atoms with E-state index in [1.807, 2.05) is 6.92 Å². The molecule has 0 aliphatic heterocycles. The Hall–Kier alpha value is -1.04. The molecule has 0 fully saturated rings. The van der Waals surface area contributed by atoms with E-state index in [-0.39, 0.29) is 0 Å². The van der Waals surface area contributed by atoms with E-state index in [1.54, 1.807) is 6.08 Å². The molecule has 0 spiro atoms. The maximum absolute atomic E-state index is 3.36. The molecule has 1 aromatic rings. The first-order valence-electron chi connectivity index (χ1n) is 4.22. The van der Waals surface area contributed by atoms with Crippen LogP contribution in [0.25, 0.3) is 0 Å². The van der Waals surface area contributed by atoms with Crippen molar-refractivity contribution >= 4 is 0 Å². The smallest absolute Gasteiger partial charge is 0.0395 e. The van der Waals surface area contributed by atoms with Gasteiger partial charge in [-0.25, -0.2) is 0 Å². The van der Waals surface area contributed by atoms with Crippen LogP contribution in [-0.4, -0.2) is 0 Å². The van der Waals surface area contributed by atoms with Gasteiger partial charge in [0, 0.05) is 0 Å². The van der Waals surface area contributed by atoms with Crippen molar-refractivity contribution in [1.82, 2.24) is 0 Å². The normalized spacial score (nSPS) is 8.33. The minimum atomic E-state index is 1.35. The Morgan fingerprint density at radius 1 is 1.08 bits per heavy atom. The summed E-state index contributed by atoms with van der Waals surface area (Å²) in [6.07, 6.45) is 1.75. The molecule has 0 bridgehead atoms. The molecule has 0 nitrogen and oxygen atoms in total. The van der Waals surface area contributed by atoms with Crippen LogP contribution in [0.1, 0.15) is 23.6 Å². The van der Waals surface area contributed by atoms with Crippen molar-refractivity contribution in [2.24, 2.45) is 0 Å². The first-order chi connectivity index (χ1) is 5.61. The summed E-state index contributed by atoms with van der Waals surface area (Å²) in [6.45, 7) is 11.6. The predicted octanol–water partition coefficient (Wildman–Crippen LogP) is 3.80. The van der Waals surface area contributed by atoms with E-state index in [2.05, 4.69) is 45.5 Å². The topological polar surface area (TPSA) is 0 Å². The van der Waals surface area contributed by atoms with E-state index in [0.29, 0.717) is 0 Å². The molecule has 0 amide bonds. The Kier molecular flexibility index (Phi) is 5.11. The molecule has 0 saturated carbocycles. The van der Waals surface area contributed by atoms with E-state index in [0.717, 1.165) is 0 Å². The zero-order chi connectivity index (χ0) is 9.56. The minimum Gasteiger partial charge on any atom is -0.103 e. The van der Waals surface area contributed by atoms with Crippen LogP contribution in [0.15, 0.2) is 30.9 Å². The molecule has 0 unspecified atom stereocenters. The van der Waals surface area contributed by atoms with Crippen LogP contribution in [0.5, 0.6) is 0 Å². The Morgan fingerprint density at radius 3 is 1.92 bits per heavy atom. The van der Waals surface area contributed by atoms with Crippen LogP contribution in [-0.2, 0) is 0 Å². The number of rotatable bonds is 0. The number of benzene rings is 1. The van der Waals surface area contributed by atoms with E-state index in [9.17, 15) is 0 Å². The van der Waals surface area contributed by atoms with Gasteiger partial charge in [0.05, 0.1) is 0 Å². The summed E-state index contributed by atoms with van der Waals surface area (Å²) in [5, 5.41) is 0. The monoisotopic (exact) mass is 162 g/mol. The zero-order valence-electron chi connectivity index (χ0n) is 8.52. The summed E-state index contributed by atoms with van der Waals surface area (Å²) in [6, 6.07) is 6.50. The van der Waals surface area contributed by atoms with Crippen molar-refractivity contribution in [1.29, 1.82) is 0 Å². The lowest BCUT2D eigenvalue weighted by atomic mass is 10.1. The Morgan fingerprint density at radius 2 is 1.58 bits per heavy atom. The standard InChI is InChI=1S/C9H12.C3H6/c1-7-4-5-8(2)9(3)6-7;1-3-2/h4-6H,1-3H3;3H,1H2,2H3. The Balaban J connectivity index is 0.000000354. The van der Waals surface area contributed by atoms with Gasteiger partial charge in [-0.15, -0.1) is 6.58 Å². The molecule has 12 heavy (non-hydrogen) atoms. The van der Waals surface area contributed by atoms with E-state index < -0.39 is 0 Å². The van der Waals surface area contributed by atoms with Crippen LogP contribution in [0.2, 0.25) is 0 Å². The molecule has 0 aliphatic carbocycles. The predicted molar refractivity (Wildman–Crippen MR) is 56.5 cm³/mol. The van der Waals surface area contributed by atoms with Crippen molar-refractivity contribution < 1.29 is 0 Å². The first kappa shape index (κ1) is 11.0. The number of aryl methyl sites for hydroxylation is 3. The van der Waals surface area contributed by atoms with Crippen molar-refractivity contribution in [2.45, 2.75) is 27.7 Å². The Labute approximate surface area is 75.9 Å². The van der Waals surface area contributed by atoms with Crippen molar-refractivity contribution in [3.05, 3.63) is 47.5 Å². The van der Waals surface area contributed by atoms with Gasteiger partial charge in [0.2, 0.25) is 0 Å². The van der Waals surface area contributed by atoms with Gasteiger partial charge in [-0.05, 0) is 38.8 Å². The quantitative estimate of drug-likeness (QED) is 0.509. The van der Waals surface area contributed by atoms with Crippen LogP contribution in [0.4, 0.5) is 0 Å². The van der Waals surface area contributed by atoms with Crippen molar-refractivity contribution in [3.8, 4) is 0 Å². The molecule has 66 valence electrons. The summed E-state index contributed by atoms with van der Waals surface area (Å²) in [5.41, 5.74) is 4.11. The fourth-order valence-corrected chi connectivity index (χ4v) is 0.891. The lowest BCUT2D eigenvalue weighted by molar-refractivity contribution is 1.30. The molecule has 0 heteroatoms. The molecule has 0 atom stereocenters. The highest BCUT2D eigenvalue weighted by atomic mass is 13.9. The second-order valence-electron chi connectivity index (χ2n) is 3.00. The summed E-state index contributed by atoms with van der Waals surface area (Å²) < 4.78 is 0. The van der Waals surface area contributed by atoms with Gasteiger partial charge in [-0.2, -0.15) is 0 Å². The third-order valence-corrected chi connectivity index (χ3v) is 1.66. The molecule has 1 rings (SSSR count). The lowest BCUT2D eigenvalue weighted by Gasteiger charge is -1.98. The van der Waals surface area contributed by atoms with Gasteiger partial charge in [0.25, 0.3) is 0 Å². The van der Waals surface area contributed by atoms with Crippen LogP contribution >= 0.6 is 0 Å². The maximum Gasteiger partial charge on any atom is -0.0395 e. The van der Waals surface area contributed by atoms with Gasteiger partial charge in [-0.1, -0.05) is 29.8 Å². The molecule has 0 N–H and O–H groups in total. The lowest BCUT2D eigenvalue weighted by Crippen LogP contribution is -1.79. The molecule has 0 heterocycles. The fraction of sp³-hybridized carbons (Fsp3) is 0.333. The highest BCUT2D eigenvalue weighted by Crippen LogP contribution is 2.07. The van der Waals surface area contributed by atoms with Crippen molar-refractivity contribution in [3.63, 3.8) is 0 Å². The third-order valence-electron chi connectivity index (χ3n) is 1.66. The van der Waals surface area contributed by atoms with Gasteiger partial charge in [-0.3, -0.25) is 0 Å².